The average Bonchev–Trinajstić information content (AvgIpc) is 3.01. The normalized spacial score (nSPS) is 17.4. The minimum absolute atomic E-state index is 0.0779. The van der Waals surface area contributed by atoms with Crippen LogP contribution in [0.2, 0.25) is 0 Å². The number of carbonyl (C=O) groups is 1. The monoisotopic (exact) mass is 307 g/mol. The first-order valence-corrected chi connectivity index (χ1v) is 7.78. The van der Waals surface area contributed by atoms with Gasteiger partial charge in [0.15, 0.2) is 0 Å². The van der Waals surface area contributed by atoms with Crippen molar-refractivity contribution in [3.05, 3.63) is 71.2 Å². The largest absolute Gasteiger partial charge is 0.462 e. The van der Waals surface area contributed by atoms with E-state index in [4.69, 9.17) is 4.42 Å². The molecule has 1 aliphatic rings. The Bertz CT molecular complexity index is 763. The summed E-state index contributed by atoms with van der Waals surface area (Å²) in [7, 11) is 4.04. The third-order valence-electron chi connectivity index (χ3n) is 4.31. The Kier molecular flexibility index (Phi) is 4.20. The van der Waals surface area contributed by atoms with Crippen molar-refractivity contribution >= 4 is 17.5 Å². The van der Waals surface area contributed by atoms with E-state index in [2.05, 4.69) is 29.2 Å². The van der Waals surface area contributed by atoms with Gasteiger partial charge in [0, 0.05) is 25.7 Å². The topological polar surface area (TPSA) is 33.5 Å². The molecule has 0 aliphatic heterocycles. The predicted octanol–water partition coefficient (Wildman–Crippen LogP) is 4.35. The number of aryl methyl sites for hydroxylation is 1. The van der Waals surface area contributed by atoms with E-state index in [0.29, 0.717) is 0 Å². The van der Waals surface area contributed by atoms with Gasteiger partial charge in [-0.2, -0.15) is 0 Å². The molecule has 3 heteroatoms. The standard InChI is InChI=1S/C20H21NO2/c1-14-4-11-20(23-14)16-5-6-17(13-22)19(12-16)15-7-9-18(10-8-15)21(2)3/h4-11,13,19H,12H2,1-3H3. The van der Waals surface area contributed by atoms with Crippen LogP contribution < -0.4 is 4.90 Å². The number of furan rings is 1. The number of carbonyl (C=O) groups excluding carboxylic acids is 1. The Morgan fingerprint density at radius 1 is 1.09 bits per heavy atom. The lowest BCUT2D eigenvalue weighted by molar-refractivity contribution is -0.105. The molecule has 1 aromatic heterocycles. The fourth-order valence-electron chi connectivity index (χ4n) is 2.95. The Morgan fingerprint density at radius 3 is 2.39 bits per heavy atom. The molecule has 0 radical (unpaired) electrons. The first-order valence-electron chi connectivity index (χ1n) is 7.78. The second kappa shape index (κ2) is 6.29. The zero-order valence-corrected chi connectivity index (χ0v) is 13.7. The van der Waals surface area contributed by atoms with Crippen molar-refractivity contribution < 1.29 is 9.21 Å². The van der Waals surface area contributed by atoms with Crippen LogP contribution in [0.1, 0.15) is 29.4 Å². The maximum absolute atomic E-state index is 11.4. The average molecular weight is 307 g/mol. The van der Waals surface area contributed by atoms with E-state index in [1.807, 2.05) is 45.3 Å². The fourth-order valence-corrected chi connectivity index (χ4v) is 2.95. The maximum atomic E-state index is 11.4. The van der Waals surface area contributed by atoms with Gasteiger partial charge in [-0.15, -0.1) is 0 Å². The predicted molar refractivity (Wildman–Crippen MR) is 93.7 cm³/mol. The van der Waals surface area contributed by atoms with E-state index in [0.717, 1.165) is 46.6 Å². The van der Waals surface area contributed by atoms with Gasteiger partial charge in [-0.05, 0) is 54.3 Å². The lowest BCUT2D eigenvalue weighted by Crippen LogP contribution is -2.10. The minimum Gasteiger partial charge on any atom is -0.462 e. The van der Waals surface area contributed by atoms with Crippen LogP contribution in [0.3, 0.4) is 0 Å². The second-order valence-corrected chi connectivity index (χ2v) is 6.13. The number of aldehydes is 1. The molecule has 1 heterocycles. The highest BCUT2D eigenvalue weighted by molar-refractivity contribution is 5.81. The van der Waals surface area contributed by atoms with Gasteiger partial charge < -0.3 is 9.32 Å². The van der Waals surface area contributed by atoms with Crippen molar-refractivity contribution in [2.45, 2.75) is 19.3 Å². The number of benzene rings is 1. The van der Waals surface area contributed by atoms with Gasteiger partial charge in [0.25, 0.3) is 0 Å². The zero-order chi connectivity index (χ0) is 16.4. The fraction of sp³-hybridized carbons (Fsp3) is 0.250. The highest BCUT2D eigenvalue weighted by atomic mass is 16.3. The summed E-state index contributed by atoms with van der Waals surface area (Å²) in [5.41, 5.74) is 4.25. The first-order chi connectivity index (χ1) is 11.1. The van der Waals surface area contributed by atoms with Gasteiger partial charge in [-0.3, -0.25) is 4.79 Å². The molecule has 2 aromatic rings. The molecule has 0 saturated carbocycles. The van der Waals surface area contributed by atoms with Crippen LogP contribution in [0.5, 0.6) is 0 Å². The summed E-state index contributed by atoms with van der Waals surface area (Å²) >= 11 is 0. The van der Waals surface area contributed by atoms with Crippen molar-refractivity contribution in [2.75, 3.05) is 19.0 Å². The van der Waals surface area contributed by atoms with Crippen molar-refractivity contribution in [3.8, 4) is 0 Å². The lowest BCUT2D eigenvalue weighted by Gasteiger charge is -2.23. The number of rotatable bonds is 4. The molecule has 0 N–H and O–H groups in total. The van der Waals surface area contributed by atoms with E-state index < -0.39 is 0 Å². The number of hydrogen-bond donors (Lipinski definition) is 0. The van der Waals surface area contributed by atoms with Crippen LogP contribution in [0.15, 0.2) is 58.5 Å². The Labute approximate surface area is 136 Å². The van der Waals surface area contributed by atoms with E-state index in [1.54, 1.807) is 0 Å². The van der Waals surface area contributed by atoms with Gasteiger partial charge in [-0.1, -0.05) is 24.3 Å². The summed E-state index contributed by atoms with van der Waals surface area (Å²) < 4.78 is 5.73. The Hall–Kier alpha value is -2.55. The molecular formula is C20H21NO2. The number of anilines is 1. The van der Waals surface area contributed by atoms with Crippen LogP contribution >= 0.6 is 0 Å². The second-order valence-electron chi connectivity index (χ2n) is 6.13. The molecule has 3 rings (SSSR count). The minimum atomic E-state index is 0.0779. The highest BCUT2D eigenvalue weighted by Crippen LogP contribution is 2.38. The van der Waals surface area contributed by atoms with Crippen LogP contribution in [-0.4, -0.2) is 20.4 Å². The van der Waals surface area contributed by atoms with Crippen LogP contribution in [0.4, 0.5) is 5.69 Å². The van der Waals surface area contributed by atoms with Gasteiger partial charge in [0.1, 0.15) is 17.8 Å². The summed E-state index contributed by atoms with van der Waals surface area (Å²) in [6.45, 7) is 1.94. The third kappa shape index (κ3) is 3.14. The summed E-state index contributed by atoms with van der Waals surface area (Å²) in [5, 5.41) is 0. The molecule has 23 heavy (non-hydrogen) atoms. The molecule has 0 spiro atoms. The summed E-state index contributed by atoms with van der Waals surface area (Å²) in [6.07, 6.45) is 5.64. The third-order valence-corrected chi connectivity index (χ3v) is 4.31. The van der Waals surface area contributed by atoms with Crippen LogP contribution in [0, 0.1) is 6.92 Å². The zero-order valence-electron chi connectivity index (χ0n) is 13.7. The van der Waals surface area contributed by atoms with E-state index in [-0.39, 0.29) is 5.92 Å². The molecule has 1 aromatic carbocycles. The SMILES string of the molecule is Cc1ccc(C2=CC=C(C=O)C(c3ccc(N(C)C)cc3)C2)o1. The Morgan fingerprint density at radius 2 is 1.83 bits per heavy atom. The molecule has 0 amide bonds. The smallest absolute Gasteiger partial charge is 0.146 e. The van der Waals surface area contributed by atoms with E-state index in [9.17, 15) is 4.79 Å². The molecular weight excluding hydrogens is 286 g/mol. The van der Waals surface area contributed by atoms with Gasteiger partial charge >= 0.3 is 0 Å². The molecule has 118 valence electrons. The molecule has 1 aliphatic carbocycles. The number of nitrogens with zero attached hydrogens (tertiary/aromatic N) is 1. The van der Waals surface area contributed by atoms with Gasteiger partial charge in [0.2, 0.25) is 0 Å². The van der Waals surface area contributed by atoms with Crippen molar-refractivity contribution in [1.29, 1.82) is 0 Å². The first kappa shape index (κ1) is 15.3. The summed E-state index contributed by atoms with van der Waals surface area (Å²) in [4.78, 5) is 13.5. The molecule has 0 bridgehead atoms. The highest BCUT2D eigenvalue weighted by Gasteiger charge is 2.23. The Balaban J connectivity index is 1.91. The van der Waals surface area contributed by atoms with Gasteiger partial charge in [0.05, 0.1) is 0 Å². The molecule has 3 nitrogen and oxygen atoms in total. The van der Waals surface area contributed by atoms with E-state index >= 15 is 0 Å². The van der Waals surface area contributed by atoms with Crippen molar-refractivity contribution in [3.63, 3.8) is 0 Å². The number of hydrogen-bond acceptors (Lipinski definition) is 3. The molecule has 1 unspecified atom stereocenters. The van der Waals surface area contributed by atoms with Crippen LogP contribution in [0.25, 0.3) is 5.57 Å². The summed E-state index contributed by atoms with van der Waals surface area (Å²) in [5.74, 6) is 1.87. The molecule has 0 saturated heterocycles. The van der Waals surface area contributed by atoms with Gasteiger partial charge in [-0.25, -0.2) is 0 Å². The molecule has 1 atom stereocenters. The molecule has 0 fully saturated rings. The quantitative estimate of drug-likeness (QED) is 0.787. The lowest BCUT2D eigenvalue weighted by atomic mass is 9.82. The van der Waals surface area contributed by atoms with Crippen LogP contribution in [-0.2, 0) is 4.79 Å². The maximum Gasteiger partial charge on any atom is 0.146 e. The number of allylic oxidation sites excluding steroid dienone is 4. The van der Waals surface area contributed by atoms with E-state index in [1.165, 1.54) is 0 Å². The van der Waals surface area contributed by atoms with Crippen molar-refractivity contribution in [2.24, 2.45) is 0 Å². The summed E-state index contributed by atoms with van der Waals surface area (Å²) in [6, 6.07) is 12.4. The van der Waals surface area contributed by atoms with Crippen molar-refractivity contribution in [1.82, 2.24) is 0 Å².